The average molecular weight is 278 g/mol. The molecule has 0 aromatic carbocycles. The first-order chi connectivity index (χ1) is 9.29. The summed E-state index contributed by atoms with van der Waals surface area (Å²) >= 11 is 0. The lowest BCUT2D eigenvalue weighted by Gasteiger charge is -2.22. The van der Waals surface area contributed by atoms with Crippen LogP contribution < -0.4 is 10.6 Å². The Morgan fingerprint density at radius 3 is 2.75 bits per heavy atom. The summed E-state index contributed by atoms with van der Waals surface area (Å²) in [5.74, 6) is -0.342. The SMILES string of the molecule is Cc1nn(C(C)(C)C)cc1C(=O)N[C@H]1CCCNC1=O. The van der Waals surface area contributed by atoms with E-state index in [0.717, 1.165) is 6.42 Å². The highest BCUT2D eigenvalue weighted by atomic mass is 16.2. The van der Waals surface area contributed by atoms with Crippen LogP contribution in [0.2, 0.25) is 0 Å². The van der Waals surface area contributed by atoms with Gasteiger partial charge < -0.3 is 10.6 Å². The van der Waals surface area contributed by atoms with E-state index >= 15 is 0 Å². The summed E-state index contributed by atoms with van der Waals surface area (Å²) in [4.78, 5) is 23.9. The van der Waals surface area contributed by atoms with Crippen molar-refractivity contribution in [2.24, 2.45) is 0 Å². The van der Waals surface area contributed by atoms with Crippen LogP contribution in [-0.2, 0) is 10.3 Å². The second-order valence-electron chi connectivity index (χ2n) is 6.20. The Kier molecular flexibility index (Phi) is 3.83. The molecule has 0 radical (unpaired) electrons. The van der Waals surface area contributed by atoms with Gasteiger partial charge in [0, 0.05) is 12.7 Å². The third kappa shape index (κ3) is 3.00. The number of hydrogen-bond donors (Lipinski definition) is 2. The van der Waals surface area contributed by atoms with E-state index in [0.29, 0.717) is 24.2 Å². The standard InChI is InChI=1S/C14H22N4O2/c1-9-10(8-18(17-9)14(2,3)4)12(19)16-11-6-5-7-15-13(11)20/h8,11H,5-7H2,1-4H3,(H,15,20)(H,16,19)/t11-/m0/s1. The molecule has 0 aliphatic carbocycles. The molecule has 0 saturated carbocycles. The molecule has 0 bridgehead atoms. The number of aryl methyl sites for hydroxylation is 1. The number of piperidine rings is 1. The van der Waals surface area contributed by atoms with Crippen LogP contribution in [0.25, 0.3) is 0 Å². The van der Waals surface area contributed by atoms with Gasteiger partial charge in [-0.3, -0.25) is 14.3 Å². The molecule has 1 saturated heterocycles. The summed E-state index contributed by atoms with van der Waals surface area (Å²) in [6.45, 7) is 8.56. The Bertz CT molecular complexity index is 528. The molecule has 20 heavy (non-hydrogen) atoms. The molecule has 1 aliphatic rings. The molecular formula is C14H22N4O2. The Morgan fingerprint density at radius 2 is 2.20 bits per heavy atom. The predicted molar refractivity (Wildman–Crippen MR) is 75.5 cm³/mol. The number of amides is 2. The number of carbonyl (C=O) groups excluding carboxylic acids is 2. The van der Waals surface area contributed by atoms with Crippen molar-refractivity contribution in [3.05, 3.63) is 17.5 Å². The van der Waals surface area contributed by atoms with Gasteiger partial charge >= 0.3 is 0 Å². The smallest absolute Gasteiger partial charge is 0.255 e. The van der Waals surface area contributed by atoms with Gasteiger partial charge in [-0.1, -0.05) is 0 Å². The lowest BCUT2D eigenvalue weighted by Crippen LogP contribution is -2.50. The molecule has 1 fully saturated rings. The minimum Gasteiger partial charge on any atom is -0.354 e. The highest BCUT2D eigenvalue weighted by Crippen LogP contribution is 2.16. The van der Waals surface area contributed by atoms with Gasteiger partial charge in [0.15, 0.2) is 0 Å². The van der Waals surface area contributed by atoms with E-state index in [2.05, 4.69) is 15.7 Å². The van der Waals surface area contributed by atoms with E-state index < -0.39 is 6.04 Å². The Morgan fingerprint density at radius 1 is 1.50 bits per heavy atom. The first-order valence-corrected chi connectivity index (χ1v) is 6.94. The van der Waals surface area contributed by atoms with Crippen molar-refractivity contribution in [1.29, 1.82) is 0 Å². The third-order valence-corrected chi connectivity index (χ3v) is 3.42. The second-order valence-corrected chi connectivity index (χ2v) is 6.20. The van der Waals surface area contributed by atoms with E-state index in [9.17, 15) is 9.59 Å². The molecule has 2 rings (SSSR count). The second kappa shape index (κ2) is 5.26. The van der Waals surface area contributed by atoms with Crippen LogP contribution in [-0.4, -0.2) is 34.2 Å². The van der Waals surface area contributed by atoms with Crippen LogP contribution in [0.4, 0.5) is 0 Å². The van der Waals surface area contributed by atoms with Crippen molar-refractivity contribution in [3.8, 4) is 0 Å². The summed E-state index contributed by atoms with van der Waals surface area (Å²) in [7, 11) is 0. The molecule has 6 nitrogen and oxygen atoms in total. The molecule has 1 aromatic rings. The zero-order valence-corrected chi connectivity index (χ0v) is 12.5. The first-order valence-electron chi connectivity index (χ1n) is 6.94. The van der Waals surface area contributed by atoms with Gasteiger partial charge in [-0.2, -0.15) is 5.10 Å². The molecule has 1 atom stereocenters. The molecule has 2 amide bonds. The summed E-state index contributed by atoms with van der Waals surface area (Å²) < 4.78 is 1.78. The highest BCUT2D eigenvalue weighted by molar-refractivity contribution is 5.98. The Hall–Kier alpha value is -1.85. The molecule has 0 spiro atoms. The molecule has 1 aliphatic heterocycles. The zero-order chi connectivity index (χ0) is 14.9. The minimum absolute atomic E-state index is 0.106. The molecule has 0 unspecified atom stereocenters. The van der Waals surface area contributed by atoms with E-state index in [1.54, 1.807) is 17.8 Å². The first kappa shape index (κ1) is 14.6. The van der Waals surface area contributed by atoms with Crippen LogP contribution in [0.15, 0.2) is 6.20 Å². The monoisotopic (exact) mass is 278 g/mol. The normalized spacial score (nSPS) is 19.6. The number of carbonyl (C=O) groups is 2. The number of rotatable bonds is 2. The van der Waals surface area contributed by atoms with Crippen LogP contribution in [0.1, 0.15) is 49.7 Å². The topological polar surface area (TPSA) is 76.0 Å². The maximum atomic E-state index is 12.3. The summed E-state index contributed by atoms with van der Waals surface area (Å²) in [6.07, 6.45) is 3.31. The third-order valence-electron chi connectivity index (χ3n) is 3.42. The Balaban J connectivity index is 2.13. The lowest BCUT2D eigenvalue weighted by atomic mass is 10.1. The van der Waals surface area contributed by atoms with Crippen molar-refractivity contribution >= 4 is 11.8 Å². The van der Waals surface area contributed by atoms with Crippen molar-refractivity contribution in [3.63, 3.8) is 0 Å². The van der Waals surface area contributed by atoms with Gasteiger partial charge in [0.1, 0.15) is 6.04 Å². The molecule has 2 N–H and O–H groups in total. The largest absolute Gasteiger partial charge is 0.354 e. The van der Waals surface area contributed by atoms with E-state index in [1.807, 2.05) is 20.8 Å². The van der Waals surface area contributed by atoms with Crippen LogP contribution >= 0.6 is 0 Å². The van der Waals surface area contributed by atoms with Gasteiger partial charge in [0.25, 0.3) is 5.91 Å². The number of hydrogen-bond acceptors (Lipinski definition) is 3. The summed E-state index contributed by atoms with van der Waals surface area (Å²) in [5.41, 5.74) is 1.03. The molecule has 1 aromatic heterocycles. The number of aromatic nitrogens is 2. The maximum absolute atomic E-state index is 12.3. The quantitative estimate of drug-likeness (QED) is 0.846. The Labute approximate surface area is 118 Å². The maximum Gasteiger partial charge on any atom is 0.255 e. The van der Waals surface area contributed by atoms with E-state index in [-0.39, 0.29) is 17.4 Å². The van der Waals surface area contributed by atoms with Crippen molar-refractivity contribution in [2.45, 2.75) is 52.1 Å². The molecule has 110 valence electrons. The molecule has 2 heterocycles. The van der Waals surface area contributed by atoms with Crippen molar-refractivity contribution in [1.82, 2.24) is 20.4 Å². The molecule has 6 heteroatoms. The lowest BCUT2D eigenvalue weighted by molar-refractivity contribution is -0.124. The molecular weight excluding hydrogens is 256 g/mol. The predicted octanol–water partition coefficient (Wildman–Crippen LogP) is 0.955. The minimum atomic E-state index is -0.436. The summed E-state index contributed by atoms with van der Waals surface area (Å²) in [5, 5.41) is 9.92. The van der Waals surface area contributed by atoms with Gasteiger partial charge in [0.05, 0.1) is 16.8 Å². The van der Waals surface area contributed by atoms with Gasteiger partial charge in [-0.15, -0.1) is 0 Å². The zero-order valence-electron chi connectivity index (χ0n) is 12.5. The fourth-order valence-corrected chi connectivity index (χ4v) is 2.17. The van der Waals surface area contributed by atoms with Crippen molar-refractivity contribution in [2.75, 3.05) is 6.54 Å². The van der Waals surface area contributed by atoms with E-state index in [4.69, 9.17) is 0 Å². The average Bonchev–Trinajstić information content (AvgIpc) is 2.74. The van der Waals surface area contributed by atoms with Crippen LogP contribution in [0, 0.1) is 6.92 Å². The van der Waals surface area contributed by atoms with E-state index in [1.165, 1.54) is 0 Å². The van der Waals surface area contributed by atoms with Gasteiger partial charge in [-0.25, -0.2) is 0 Å². The van der Waals surface area contributed by atoms with Crippen LogP contribution in [0.3, 0.4) is 0 Å². The van der Waals surface area contributed by atoms with Gasteiger partial charge in [-0.05, 0) is 40.5 Å². The van der Waals surface area contributed by atoms with Crippen molar-refractivity contribution < 1.29 is 9.59 Å². The van der Waals surface area contributed by atoms with Crippen LogP contribution in [0.5, 0.6) is 0 Å². The number of nitrogens with one attached hydrogen (secondary N) is 2. The fraction of sp³-hybridized carbons (Fsp3) is 0.643. The summed E-state index contributed by atoms with van der Waals surface area (Å²) in [6, 6.07) is -0.436. The number of nitrogens with zero attached hydrogens (tertiary/aromatic N) is 2. The van der Waals surface area contributed by atoms with Gasteiger partial charge in [0.2, 0.25) is 5.91 Å². The fourth-order valence-electron chi connectivity index (χ4n) is 2.17. The highest BCUT2D eigenvalue weighted by Gasteiger charge is 2.26.